The summed E-state index contributed by atoms with van der Waals surface area (Å²) >= 11 is 0. The van der Waals surface area contributed by atoms with E-state index in [1.54, 1.807) is 12.3 Å². The van der Waals surface area contributed by atoms with Gasteiger partial charge in [0.25, 0.3) is 0 Å². The number of pyridine rings is 1. The summed E-state index contributed by atoms with van der Waals surface area (Å²) in [5.74, 6) is 0.616. The van der Waals surface area contributed by atoms with Crippen LogP contribution >= 0.6 is 0 Å². The van der Waals surface area contributed by atoms with Crippen molar-refractivity contribution < 1.29 is 4.79 Å². The third-order valence-corrected chi connectivity index (χ3v) is 2.46. The molecule has 0 atom stereocenters. The van der Waals surface area contributed by atoms with Gasteiger partial charge >= 0.3 is 0 Å². The van der Waals surface area contributed by atoms with Crippen LogP contribution in [0.5, 0.6) is 0 Å². The van der Waals surface area contributed by atoms with Gasteiger partial charge < -0.3 is 0 Å². The lowest BCUT2D eigenvalue weighted by atomic mass is 9.82. The zero-order valence-corrected chi connectivity index (χ0v) is 6.86. The van der Waals surface area contributed by atoms with Gasteiger partial charge in [0.05, 0.1) is 0 Å². The van der Waals surface area contributed by atoms with E-state index in [0.29, 0.717) is 5.92 Å². The summed E-state index contributed by atoms with van der Waals surface area (Å²) in [6.07, 6.45) is 6.36. The third-order valence-electron chi connectivity index (χ3n) is 2.46. The molecule has 0 unspecified atom stereocenters. The van der Waals surface area contributed by atoms with Crippen molar-refractivity contribution in [2.75, 3.05) is 0 Å². The molecule has 1 aromatic heterocycles. The van der Waals surface area contributed by atoms with Crippen molar-refractivity contribution in [1.29, 1.82) is 0 Å². The topological polar surface area (TPSA) is 30.0 Å². The molecule has 0 N–H and O–H groups in total. The summed E-state index contributed by atoms with van der Waals surface area (Å²) in [6, 6.07) is 3.64. The van der Waals surface area contributed by atoms with Crippen LogP contribution in [0.15, 0.2) is 18.3 Å². The number of carbonyl (C=O) groups excluding carboxylic acids is 1. The third kappa shape index (κ3) is 1.24. The van der Waals surface area contributed by atoms with Crippen molar-refractivity contribution in [3.8, 4) is 0 Å². The molecule has 12 heavy (non-hydrogen) atoms. The Balaban J connectivity index is 2.25. The highest BCUT2D eigenvalue weighted by Gasteiger charge is 2.20. The Bertz CT molecular complexity index is 292. The van der Waals surface area contributed by atoms with E-state index in [2.05, 4.69) is 4.98 Å². The second kappa shape index (κ2) is 3.05. The van der Waals surface area contributed by atoms with Crippen LogP contribution in [0.25, 0.3) is 0 Å². The molecule has 0 bridgehead atoms. The Labute approximate surface area is 71.6 Å². The maximum atomic E-state index is 10.5. The summed E-state index contributed by atoms with van der Waals surface area (Å²) in [4.78, 5) is 14.7. The molecule has 0 amide bonds. The predicted octanol–water partition coefficient (Wildman–Crippen LogP) is 2.16. The molecule has 0 saturated heterocycles. The molecular formula is C10H11NO. The van der Waals surface area contributed by atoms with E-state index in [9.17, 15) is 4.79 Å². The Morgan fingerprint density at radius 3 is 2.92 bits per heavy atom. The van der Waals surface area contributed by atoms with Crippen LogP contribution in [0.1, 0.15) is 41.2 Å². The molecule has 0 aliphatic heterocycles. The van der Waals surface area contributed by atoms with Crippen LogP contribution in [-0.4, -0.2) is 11.3 Å². The SMILES string of the molecule is O=Cc1ccnc(C2CCC2)c1. The van der Waals surface area contributed by atoms with E-state index in [1.165, 1.54) is 19.3 Å². The van der Waals surface area contributed by atoms with E-state index in [1.807, 2.05) is 6.07 Å². The van der Waals surface area contributed by atoms with Crippen molar-refractivity contribution in [2.45, 2.75) is 25.2 Å². The average molecular weight is 161 g/mol. The fourth-order valence-corrected chi connectivity index (χ4v) is 1.47. The zero-order valence-electron chi connectivity index (χ0n) is 6.86. The summed E-state index contributed by atoms with van der Waals surface area (Å²) in [7, 11) is 0. The molecule has 1 aliphatic carbocycles. The molecule has 0 radical (unpaired) electrons. The average Bonchev–Trinajstić information content (AvgIpc) is 2.02. The number of carbonyl (C=O) groups is 1. The van der Waals surface area contributed by atoms with Crippen molar-refractivity contribution in [3.63, 3.8) is 0 Å². The number of aldehydes is 1. The molecule has 62 valence electrons. The van der Waals surface area contributed by atoms with Gasteiger partial charge in [-0.05, 0) is 25.0 Å². The Kier molecular flexibility index (Phi) is 1.90. The second-order valence-electron chi connectivity index (χ2n) is 3.26. The maximum absolute atomic E-state index is 10.5. The monoisotopic (exact) mass is 161 g/mol. The van der Waals surface area contributed by atoms with Gasteiger partial charge in [-0.1, -0.05) is 6.42 Å². The lowest BCUT2D eigenvalue weighted by molar-refractivity contribution is 0.112. The van der Waals surface area contributed by atoms with E-state index in [0.717, 1.165) is 17.5 Å². The molecular weight excluding hydrogens is 150 g/mol. The summed E-state index contributed by atoms with van der Waals surface area (Å²) in [5.41, 5.74) is 1.83. The van der Waals surface area contributed by atoms with Crippen LogP contribution in [0.4, 0.5) is 0 Å². The first-order chi connectivity index (χ1) is 5.90. The summed E-state index contributed by atoms with van der Waals surface area (Å²) < 4.78 is 0. The Hall–Kier alpha value is -1.18. The van der Waals surface area contributed by atoms with Gasteiger partial charge in [0, 0.05) is 23.4 Å². The normalized spacial score (nSPS) is 17.0. The molecule has 2 heteroatoms. The molecule has 0 spiro atoms. The molecule has 0 aromatic carbocycles. The quantitative estimate of drug-likeness (QED) is 0.622. The molecule has 1 heterocycles. The number of rotatable bonds is 2. The van der Waals surface area contributed by atoms with Gasteiger partial charge in [-0.25, -0.2) is 0 Å². The van der Waals surface area contributed by atoms with Crippen molar-refractivity contribution in [3.05, 3.63) is 29.6 Å². The Morgan fingerprint density at radius 1 is 1.50 bits per heavy atom. The molecule has 1 saturated carbocycles. The second-order valence-corrected chi connectivity index (χ2v) is 3.26. The van der Waals surface area contributed by atoms with Gasteiger partial charge in [0.15, 0.2) is 0 Å². The summed E-state index contributed by atoms with van der Waals surface area (Å²) in [6.45, 7) is 0. The fourth-order valence-electron chi connectivity index (χ4n) is 1.47. The fraction of sp³-hybridized carbons (Fsp3) is 0.400. The van der Waals surface area contributed by atoms with Crippen LogP contribution in [0, 0.1) is 0 Å². The lowest BCUT2D eigenvalue weighted by Gasteiger charge is -2.24. The first kappa shape index (κ1) is 7.47. The highest BCUT2D eigenvalue weighted by atomic mass is 16.1. The minimum absolute atomic E-state index is 0.616. The molecule has 2 rings (SSSR count). The van der Waals surface area contributed by atoms with Crippen molar-refractivity contribution in [1.82, 2.24) is 4.98 Å². The van der Waals surface area contributed by atoms with Crippen molar-refractivity contribution >= 4 is 6.29 Å². The molecule has 1 fully saturated rings. The first-order valence-electron chi connectivity index (χ1n) is 4.31. The van der Waals surface area contributed by atoms with Crippen LogP contribution in [0.3, 0.4) is 0 Å². The van der Waals surface area contributed by atoms with Gasteiger partial charge in [0.1, 0.15) is 6.29 Å². The van der Waals surface area contributed by atoms with E-state index >= 15 is 0 Å². The highest BCUT2D eigenvalue weighted by molar-refractivity contribution is 5.74. The predicted molar refractivity (Wildman–Crippen MR) is 46.2 cm³/mol. The van der Waals surface area contributed by atoms with Gasteiger partial charge in [-0.3, -0.25) is 9.78 Å². The van der Waals surface area contributed by atoms with E-state index in [-0.39, 0.29) is 0 Å². The minimum atomic E-state index is 0.616. The van der Waals surface area contributed by atoms with Gasteiger partial charge in [-0.2, -0.15) is 0 Å². The van der Waals surface area contributed by atoms with Gasteiger partial charge in [0.2, 0.25) is 0 Å². The Morgan fingerprint density at radius 2 is 2.33 bits per heavy atom. The van der Waals surface area contributed by atoms with Gasteiger partial charge in [-0.15, -0.1) is 0 Å². The standard InChI is InChI=1S/C10H11NO/c12-7-8-4-5-11-10(6-8)9-2-1-3-9/h4-7,9H,1-3H2. The molecule has 2 nitrogen and oxygen atoms in total. The van der Waals surface area contributed by atoms with Crippen LogP contribution in [0.2, 0.25) is 0 Å². The van der Waals surface area contributed by atoms with Crippen LogP contribution in [-0.2, 0) is 0 Å². The minimum Gasteiger partial charge on any atom is -0.298 e. The largest absolute Gasteiger partial charge is 0.298 e. The number of nitrogens with zero attached hydrogens (tertiary/aromatic N) is 1. The van der Waals surface area contributed by atoms with Crippen molar-refractivity contribution in [2.24, 2.45) is 0 Å². The number of hydrogen-bond acceptors (Lipinski definition) is 2. The lowest BCUT2D eigenvalue weighted by Crippen LogP contribution is -2.10. The summed E-state index contributed by atoms with van der Waals surface area (Å²) in [5, 5.41) is 0. The molecule has 1 aliphatic rings. The van der Waals surface area contributed by atoms with E-state index in [4.69, 9.17) is 0 Å². The number of aromatic nitrogens is 1. The smallest absolute Gasteiger partial charge is 0.150 e. The molecule has 1 aromatic rings. The first-order valence-corrected chi connectivity index (χ1v) is 4.31. The van der Waals surface area contributed by atoms with E-state index < -0.39 is 0 Å². The maximum Gasteiger partial charge on any atom is 0.150 e. The zero-order chi connectivity index (χ0) is 8.39. The highest BCUT2D eigenvalue weighted by Crippen LogP contribution is 2.35. The van der Waals surface area contributed by atoms with Crippen LogP contribution < -0.4 is 0 Å². The number of hydrogen-bond donors (Lipinski definition) is 0.